The van der Waals surface area contributed by atoms with Crippen molar-refractivity contribution in [3.63, 3.8) is 0 Å². The lowest BCUT2D eigenvalue weighted by Gasteiger charge is -2.18. The number of benzene rings is 1. The highest BCUT2D eigenvalue weighted by molar-refractivity contribution is 5.98. The van der Waals surface area contributed by atoms with Crippen molar-refractivity contribution in [2.45, 2.75) is 38.6 Å². The van der Waals surface area contributed by atoms with Crippen LogP contribution in [-0.2, 0) is 13.0 Å². The summed E-state index contributed by atoms with van der Waals surface area (Å²) in [6.45, 7) is 3.19. The van der Waals surface area contributed by atoms with E-state index in [0.29, 0.717) is 18.1 Å². The molecule has 3 rings (SSSR count). The minimum atomic E-state index is 0.312. The van der Waals surface area contributed by atoms with Crippen molar-refractivity contribution in [1.82, 2.24) is 4.57 Å². The van der Waals surface area contributed by atoms with Crippen LogP contribution in [0.3, 0.4) is 0 Å². The summed E-state index contributed by atoms with van der Waals surface area (Å²) in [7, 11) is 0. The van der Waals surface area contributed by atoms with E-state index in [1.54, 1.807) is 0 Å². The number of fused-ring (bicyclic) bond motifs is 1. The van der Waals surface area contributed by atoms with Crippen LogP contribution < -0.4 is 0 Å². The monoisotopic (exact) mass is 253 g/mol. The highest BCUT2D eigenvalue weighted by Crippen LogP contribution is 2.25. The van der Waals surface area contributed by atoms with Crippen LogP contribution in [-0.4, -0.2) is 10.4 Å². The van der Waals surface area contributed by atoms with Gasteiger partial charge < -0.3 is 4.57 Å². The van der Waals surface area contributed by atoms with Crippen LogP contribution in [0.15, 0.2) is 42.6 Å². The number of Topliss-reactive ketones (excluding diaryl/α,β-unsaturated/α-hetero) is 1. The Morgan fingerprint density at radius 2 is 1.95 bits per heavy atom. The molecule has 0 bridgehead atoms. The Morgan fingerprint density at radius 3 is 2.74 bits per heavy atom. The SMILES string of the molecule is CC(Cn1ccc2c1CCCC2=O)c1ccccc1. The van der Waals surface area contributed by atoms with Crippen LogP contribution >= 0.6 is 0 Å². The first kappa shape index (κ1) is 12.2. The van der Waals surface area contributed by atoms with Gasteiger partial charge in [-0.15, -0.1) is 0 Å². The summed E-state index contributed by atoms with van der Waals surface area (Å²) < 4.78 is 2.27. The van der Waals surface area contributed by atoms with E-state index in [-0.39, 0.29) is 0 Å². The van der Waals surface area contributed by atoms with Gasteiger partial charge in [-0.25, -0.2) is 0 Å². The first-order valence-corrected chi connectivity index (χ1v) is 7.02. The molecule has 1 aromatic heterocycles. The highest BCUT2D eigenvalue weighted by Gasteiger charge is 2.21. The molecule has 2 nitrogen and oxygen atoms in total. The largest absolute Gasteiger partial charge is 0.350 e. The lowest BCUT2D eigenvalue weighted by atomic mass is 9.96. The lowest BCUT2D eigenvalue weighted by molar-refractivity contribution is 0.0971. The van der Waals surface area contributed by atoms with Crippen LogP contribution in [0, 0.1) is 0 Å². The van der Waals surface area contributed by atoms with Crippen molar-refractivity contribution in [1.29, 1.82) is 0 Å². The smallest absolute Gasteiger partial charge is 0.164 e. The van der Waals surface area contributed by atoms with E-state index in [9.17, 15) is 4.79 Å². The Kier molecular flexibility index (Phi) is 3.24. The number of carbonyl (C=O) groups is 1. The molecule has 1 aliphatic rings. The van der Waals surface area contributed by atoms with Crippen molar-refractivity contribution >= 4 is 5.78 Å². The number of nitrogens with zero attached hydrogens (tertiary/aromatic N) is 1. The number of rotatable bonds is 3. The van der Waals surface area contributed by atoms with Gasteiger partial charge in [0.05, 0.1) is 0 Å². The Bertz CT molecular complexity index is 583. The maximum atomic E-state index is 11.8. The van der Waals surface area contributed by atoms with Crippen LogP contribution in [0.1, 0.15) is 47.3 Å². The van der Waals surface area contributed by atoms with Crippen LogP contribution in [0.25, 0.3) is 0 Å². The molecule has 1 atom stereocenters. The van der Waals surface area contributed by atoms with E-state index in [1.165, 1.54) is 11.3 Å². The molecular weight excluding hydrogens is 234 g/mol. The molecule has 0 aliphatic heterocycles. The van der Waals surface area contributed by atoms with Gasteiger partial charge in [0.1, 0.15) is 0 Å². The summed E-state index contributed by atoms with van der Waals surface area (Å²) in [5.74, 6) is 0.780. The first-order chi connectivity index (χ1) is 9.25. The topological polar surface area (TPSA) is 22.0 Å². The Balaban J connectivity index is 1.83. The molecule has 0 saturated heterocycles. The fourth-order valence-corrected chi connectivity index (χ4v) is 2.94. The third-order valence-electron chi connectivity index (χ3n) is 4.04. The van der Waals surface area contributed by atoms with Crippen LogP contribution in [0.2, 0.25) is 0 Å². The fraction of sp³-hybridized carbons (Fsp3) is 0.353. The maximum absolute atomic E-state index is 11.8. The quantitative estimate of drug-likeness (QED) is 0.815. The molecule has 0 spiro atoms. The van der Waals surface area contributed by atoms with Crippen molar-refractivity contribution < 1.29 is 4.79 Å². The highest BCUT2D eigenvalue weighted by atomic mass is 16.1. The van der Waals surface area contributed by atoms with Crippen LogP contribution in [0.4, 0.5) is 0 Å². The zero-order valence-corrected chi connectivity index (χ0v) is 11.3. The van der Waals surface area contributed by atoms with Gasteiger partial charge in [-0.2, -0.15) is 0 Å². The third kappa shape index (κ3) is 2.35. The molecule has 0 amide bonds. The molecule has 1 aliphatic carbocycles. The second-order valence-electron chi connectivity index (χ2n) is 5.42. The molecule has 1 unspecified atom stereocenters. The van der Waals surface area contributed by atoms with E-state index >= 15 is 0 Å². The Labute approximate surface area is 114 Å². The molecule has 19 heavy (non-hydrogen) atoms. The Morgan fingerprint density at radius 1 is 1.16 bits per heavy atom. The van der Waals surface area contributed by atoms with Gasteiger partial charge in [-0.3, -0.25) is 4.79 Å². The third-order valence-corrected chi connectivity index (χ3v) is 4.04. The average Bonchev–Trinajstić information content (AvgIpc) is 2.84. The second-order valence-corrected chi connectivity index (χ2v) is 5.42. The van der Waals surface area contributed by atoms with Gasteiger partial charge in [0, 0.05) is 30.4 Å². The summed E-state index contributed by atoms with van der Waals surface area (Å²) in [6.07, 6.45) is 4.82. The van der Waals surface area contributed by atoms with E-state index < -0.39 is 0 Å². The average molecular weight is 253 g/mol. The molecule has 1 aromatic carbocycles. The molecule has 0 radical (unpaired) electrons. The molecule has 98 valence electrons. The van der Waals surface area contributed by atoms with Gasteiger partial charge in [0.25, 0.3) is 0 Å². The predicted molar refractivity (Wildman–Crippen MR) is 76.6 cm³/mol. The lowest BCUT2D eigenvalue weighted by Crippen LogP contribution is -2.15. The van der Waals surface area contributed by atoms with Gasteiger partial charge in [-0.05, 0) is 30.4 Å². The molecule has 1 heterocycles. The summed E-state index contributed by atoms with van der Waals surface area (Å²) in [4.78, 5) is 11.8. The van der Waals surface area contributed by atoms with E-state index in [1.807, 2.05) is 12.1 Å². The molecule has 2 heteroatoms. The number of hydrogen-bond donors (Lipinski definition) is 0. The van der Waals surface area contributed by atoms with Gasteiger partial charge >= 0.3 is 0 Å². The fourth-order valence-electron chi connectivity index (χ4n) is 2.94. The summed E-state index contributed by atoms with van der Waals surface area (Å²) >= 11 is 0. The number of ketones is 1. The summed E-state index contributed by atoms with van der Waals surface area (Å²) in [5, 5.41) is 0. The molecule has 0 fully saturated rings. The van der Waals surface area contributed by atoms with Crippen molar-refractivity contribution in [3.05, 3.63) is 59.4 Å². The first-order valence-electron chi connectivity index (χ1n) is 7.02. The maximum Gasteiger partial charge on any atom is 0.164 e. The standard InChI is InChI=1S/C17H19NO/c1-13(14-6-3-2-4-7-14)12-18-11-10-15-16(18)8-5-9-17(15)19/h2-4,6-7,10-11,13H,5,8-9,12H2,1H3. The molecule has 0 N–H and O–H groups in total. The Hall–Kier alpha value is -1.83. The van der Waals surface area contributed by atoms with Crippen LogP contribution in [0.5, 0.6) is 0 Å². The second kappa shape index (κ2) is 5.04. The van der Waals surface area contributed by atoms with Gasteiger partial charge in [0.2, 0.25) is 0 Å². The summed E-state index contributed by atoms with van der Waals surface area (Å²) in [5.41, 5.74) is 3.54. The molecular formula is C17H19NO. The zero-order valence-electron chi connectivity index (χ0n) is 11.3. The van der Waals surface area contributed by atoms with E-state index in [4.69, 9.17) is 0 Å². The van der Waals surface area contributed by atoms with Crippen molar-refractivity contribution in [3.8, 4) is 0 Å². The van der Waals surface area contributed by atoms with Gasteiger partial charge in [-0.1, -0.05) is 37.3 Å². The zero-order chi connectivity index (χ0) is 13.2. The number of aromatic nitrogens is 1. The van der Waals surface area contributed by atoms with Crippen molar-refractivity contribution in [2.24, 2.45) is 0 Å². The number of carbonyl (C=O) groups excluding carboxylic acids is 1. The van der Waals surface area contributed by atoms with E-state index in [2.05, 4.69) is 42.0 Å². The van der Waals surface area contributed by atoms with Crippen molar-refractivity contribution in [2.75, 3.05) is 0 Å². The van der Waals surface area contributed by atoms with Gasteiger partial charge in [0.15, 0.2) is 5.78 Å². The minimum absolute atomic E-state index is 0.312. The summed E-state index contributed by atoms with van der Waals surface area (Å²) in [6, 6.07) is 12.6. The minimum Gasteiger partial charge on any atom is -0.350 e. The van der Waals surface area contributed by atoms with E-state index in [0.717, 1.165) is 24.9 Å². The predicted octanol–water partition coefficient (Wildman–Crippen LogP) is 3.81. The number of hydrogen-bond acceptors (Lipinski definition) is 1. The normalized spacial score (nSPS) is 16.2. The molecule has 0 saturated carbocycles. The molecule has 2 aromatic rings.